The highest BCUT2D eigenvalue weighted by atomic mass is 16.4. The minimum absolute atomic E-state index is 0.0926. The van der Waals surface area contributed by atoms with E-state index in [1.807, 2.05) is 48.5 Å². The average Bonchev–Trinajstić information content (AvgIpc) is 2.53. The molecule has 0 radical (unpaired) electrons. The normalized spacial score (nSPS) is 13.0. The third-order valence-corrected chi connectivity index (χ3v) is 3.62. The second-order valence-corrected chi connectivity index (χ2v) is 5.58. The van der Waals surface area contributed by atoms with Crippen molar-refractivity contribution in [2.24, 2.45) is 5.92 Å². The van der Waals surface area contributed by atoms with Gasteiger partial charge in [0.2, 0.25) is 5.91 Å². The van der Waals surface area contributed by atoms with Crippen molar-refractivity contribution in [1.82, 2.24) is 5.32 Å². The molecule has 0 spiro atoms. The van der Waals surface area contributed by atoms with Crippen molar-refractivity contribution < 1.29 is 14.7 Å². The van der Waals surface area contributed by atoms with Gasteiger partial charge in [-0.3, -0.25) is 4.79 Å². The van der Waals surface area contributed by atoms with Gasteiger partial charge in [-0.2, -0.15) is 5.26 Å². The highest BCUT2D eigenvalue weighted by Crippen LogP contribution is 2.16. The van der Waals surface area contributed by atoms with Gasteiger partial charge < -0.3 is 10.4 Å². The number of nitrogens with one attached hydrogen (secondary N) is 1. The van der Waals surface area contributed by atoms with Crippen LogP contribution in [0.15, 0.2) is 42.5 Å². The second-order valence-electron chi connectivity index (χ2n) is 5.58. The van der Waals surface area contributed by atoms with Crippen molar-refractivity contribution in [3.63, 3.8) is 0 Å². The van der Waals surface area contributed by atoms with Crippen LogP contribution in [0.3, 0.4) is 0 Å². The van der Waals surface area contributed by atoms with Crippen molar-refractivity contribution in [3.8, 4) is 6.07 Å². The van der Waals surface area contributed by atoms with Crippen molar-refractivity contribution >= 4 is 22.6 Å². The van der Waals surface area contributed by atoms with Gasteiger partial charge in [0, 0.05) is 5.92 Å². The van der Waals surface area contributed by atoms with Crippen LogP contribution in [-0.2, 0) is 16.0 Å². The lowest BCUT2D eigenvalue weighted by atomic mass is 10.0. The van der Waals surface area contributed by atoms with Crippen LogP contribution in [-0.4, -0.2) is 23.0 Å². The lowest BCUT2D eigenvalue weighted by Crippen LogP contribution is -2.42. The van der Waals surface area contributed by atoms with Crippen LogP contribution in [0.2, 0.25) is 0 Å². The number of fused-ring (bicyclic) bond motifs is 1. The molecular weight excluding hydrogens is 292 g/mol. The summed E-state index contributed by atoms with van der Waals surface area (Å²) in [6, 6.07) is 14.5. The van der Waals surface area contributed by atoms with Gasteiger partial charge in [-0.05, 0) is 29.7 Å². The fraction of sp³-hybridized carbons (Fsp3) is 0.278. The third-order valence-electron chi connectivity index (χ3n) is 3.62. The van der Waals surface area contributed by atoms with Crippen LogP contribution < -0.4 is 5.32 Å². The minimum Gasteiger partial charge on any atom is -0.480 e. The van der Waals surface area contributed by atoms with Crippen molar-refractivity contribution in [3.05, 3.63) is 48.0 Å². The predicted molar refractivity (Wildman–Crippen MR) is 86.6 cm³/mol. The fourth-order valence-corrected chi connectivity index (χ4v) is 2.41. The van der Waals surface area contributed by atoms with Crippen molar-refractivity contribution in [2.45, 2.75) is 25.8 Å². The van der Waals surface area contributed by atoms with Crippen LogP contribution in [0, 0.1) is 17.2 Å². The number of carbonyl (C=O) groups excluding carboxylic acids is 1. The summed E-state index contributed by atoms with van der Waals surface area (Å²) in [6.45, 7) is 1.63. The molecule has 5 heteroatoms. The van der Waals surface area contributed by atoms with E-state index in [4.69, 9.17) is 10.4 Å². The molecule has 0 unspecified atom stereocenters. The molecule has 0 saturated carbocycles. The zero-order valence-electron chi connectivity index (χ0n) is 12.8. The monoisotopic (exact) mass is 310 g/mol. The Bertz CT molecular complexity index is 764. The Balaban J connectivity index is 2.04. The summed E-state index contributed by atoms with van der Waals surface area (Å²) < 4.78 is 0. The number of rotatable bonds is 6. The lowest BCUT2D eigenvalue weighted by Gasteiger charge is -2.15. The molecule has 0 bridgehead atoms. The lowest BCUT2D eigenvalue weighted by molar-refractivity contribution is -0.142. The molecule has 0 aliphatic carbocycles. The summed E-state index contributed by atoms with van der Waals surface area (Å²) in [6.07, 6.45) is 0.199. The van der Waals surface area contributed by atoms with Crippen LogP contribution in [0.1, 0.15) is 18.9 Å². The summed E-state index contributed by atoms with van der Waals surface area (Å²) in [5.41, 5.74) is 0.818. The van der Waals surface area contributed by atoms with E-state index in [0.717, 1.165) is 16.3 Å². The van der Waals surface area contributed by atoms with Gasteiger partial charge in [-0.15, -0.1) is 0 Å². The number of benzene rings is 2. The molecule has 2 atom stereocenters. The molecule has 5 nitrogen and oxygen atoms in total. The molecule has 118 valence electrons. The van der Waals surface area contributed by atoms with E-state index in [2.05, 4.69) is 5.32 Å². The van der Waals surface area contributed by atoms with E-state index in [1.165, 1.54) is 0 Å². The number of hydrogen-bond donors (Lipinski definition) is 2. The topological polar surface area (TPSA) is 90.2 Å². The zero-order chi connectivity index (χ0) is 16.8. The number of carboxylic acid groups (broad SMARTS) is 1. The summed E-state index contributed by atoms with van der Waals surface area (Å²) in [5.74, 6) is -1.92. The SMILES string of the molecule is C[C@@H](C#N)C[C@H](NC(=O)Cc1ccc2ccccc2c1)C(=O)O. The molecular formula is C18H18N2O3. The Morgan fingerprint density at radius 1 is 1.22 bits per heavy atom. The van der Waals surface area contributed by atoms with Crippen molar-refractivity contribution in [1.29, 1.82) is 5.26 Å². The Morgan fingerprint density at radius 3 is 2.57 bits per heavy atom. The Labute approximate surface area is 134 Å². The summed E-state index contributed by atoms with van der Waals surface area (Å²) in [4.78, 5) is 23.3. The van der Waals surface area contributed by atoms with Gasteiger partial charge in [-0.1, -0.05) is 42.5 Å². The van der Waals surface area contributed by atoms with Crippen LogP contribution >= 0.6 is 0 Å². The minimum atomic E-state index is -1.13. The molecule has 0 saturated heterocycles. The predicted octanol–water partition coefficient (Wildman–Crippen LogP) is 2.50. The van der Waals surface area contributed by atoms with Gasteiger partial charge >= 0.3 is 5.97 Å². The molecule has 2 rings (SSSR count). The number of nitriles is 1. The van der Waals surface area contributed by atoms with E-state index >= 15 is 0 Å². The number of aliphatic carboxylic acids is 1. The maximum absolute atomic E-state index is 12.1. The molecule has 0 aliphatic rings. The summed E-state index contributed by atoms with van der Waals surface area (Å²) in [7, 11) is 0. The van der Waals surface area contributed by atoms with Gasteiger partial charge in [0.25, 0.3) is 0 Å². The number of carboxylic acids is 1. The van der Waals surface area contributed by atoms with Gasteiger partial charge in [0.05, 0.1) is 12.5 Å². The number of amides is 1. The first-order valence-electron chi connectivity index (χ1n) is 7.39. The Hall–Kier alpha value is -2.87. The first-order valence-corrected chi connectivity index (χ1v) is 7.39. The smallest absolute Gasteiger partial charge is 0.326 e. The number of nitrogens with zero attached hydrogens (tertiary/aromatic N) is 1. The molecule has 2 aromatic carbocycles. The molecule has 2 aromatic rings. The molecule has 0 fully saturated rings. The highest BCUT2D eigenvalue weighted by molar-refractivity contribution is 5.87. The molecule has 0 heterocycles. The maximum Gasteiger partial charge on any atom is 0.326 e. The van der Waals surface area contributed by atoms with Gasteiger partial charge in [0.1, 0.15) is 6.04 Å². The summed E-state index contributed by atoms with van der Waals surface area (Å²) in [5, 5.41) is 22.5. The van der Waals surface area contributed by atoms with Gasteiger partial charge in [0.15, 0.2) is 0 Å². The van der Waals surface area contributed by atoms with E-state index in [1.54, 1.807) is 6.92 Å². The number of carbonyl (C=O) groups is 2. The molecule has 23 heavy (non-hydrogen) atoms. The van der Waals surface area contributed by atoms with E-state index in [9.17, 15) is 9.59 Å². The van der Waals surface area contributed by atoms with Crippen LogP contribution in [0.5, 0.6) is 0 Å². The standard InChI is InChI=1S/C18H18N2O3/c1-12(11-19)8-16(18(22)23)20-17(21)10-13-6-7-14-4-2-3-5-15(14)9-13/h2-7,9,12,16H,8,10H2,1H3,(H,20,21)(H,22,23)/t12-,16+/m1/s1. The largest absolute Gasteiger partial charge is 0.480 e. The molecule has 1 amide bonds. The zero-order valence-corrected chi connectivity index (χ0v) is 12.8. The van der Waals surface area contributed by atoms with Gasteiger partial charge in [-0.25, -0.2) is 4.79 Å². The second kappa shape index (κ2) is 7.41. The van der Waals surface area contributed by atoms with E-state index < -0.39 is 17.9 Å². The van der Waals surface area contributed by atoms with Crippen LogP contribution in [0.4, 0.5) is 0 Å². The van der Waals surface area contributed by atoms with Crippen LogP contribution in [0.25, 0.3) is 10.8 Å². The highest BCUT2D eigenvalue weighted by Gasteiger charge is 2.22. The first-order chi connectivity index (χ1) is 11.0. The Kier molecular flexibility index (Phi) is 5.32. The molecule has 0 aromatic heterocycles. The average molecular weight is 310 g/mol. The molecule has 2 N–H and O–H groups in total. The first kappa shape index (κ1) is 16.5. The Morgan fingerprint density at radius 2 is 1.91 bits per heavy atom. The maximum atomic E-state index is 12.1. The number of hydrogen-bond acceptors (Lipinski definition) is 3. The van der Waals surface area contributed by atoms with E-state index in [0.29, 0.717) is 0 Å². The van der Waals surface area contributed by atoms with Crippen molar-refractivity contribution in [2.75, 3.05) is 0 Å². The molecule has 0 aliphatic heterocycles. The summed E-state index contributed by atoms with van der Waals surface area (Å²) >= 11 is 0. The third kappa shape index (κ3) is 4.55. The quantitative estimate of drug-likeness (QED) is 0.857. The fourth-order valence-electron chi connectivity index (χ4n) is 2.41. The van der Waals surface area contributed by atoms with E-state index in [-0.39, 0.29) is 18.7 Å².